The Morgan fingerprint density at radius 1 is 1.50 bits per heavy atom. The van der Waals surface area contributed by atoms with Gasteiger partial charge in [0.15, 0.2) is 0 Å². The number of rotatable bonds is 2. The highest BCUT2D eigenvalue weighted by Crippen LogP contribution is 2.19. The van der Waals surface area contributed by atoms with Gasteiger partial charge in [0.25, 0.3) is 0 Å². The number of aliphatic hydroxyl groups excluding tert-OH is 1. The van der Waals surface area contributed by atoms with Gasteiger partial charge in [-0.1, -0.05) is 6.07 Å². The Labute approximate surface area is 80.8 Å². The van der Waals surface area contributed by atoms with E-state index in [9.17, 15) is 0 Å². The van der Waals surface area contributed by atoms with Crippen LogP contribution in [0.4, 0.5) is 0 Å². The van der Waals surface area contributed by atoms with Gasteiger partial charge >= 0.3 is 0 Å². The van der Waals surface area contributed by atoms with Gasteiger partial charge in [-0.05, 0) is 17.2 Å². The van der Waals surface area contributed by atoms with Gasteiger partial charge < -0.3 is 10.1 Å². The highest BCUT2D eigenvalue weighted by Gasteiger charge is 2.08. The molecule has 2 N–H and O–H groups in total. The van der Waals surface area contributed by atoms with E-state index in [1.807, 2.05) is 12.1 Å². The number of nitrogens with zero attached hydrogens (tertiary/aromatic N) is 2. The summed E-state index contributed by atoms with van der Waals surface area (Å²) < 4.78 is 0. The van der Waals surface area contributed by atoms with E-state index in [1.165, 1.54) is 0 Å². The van der Waals surface area contributed by atoms with Crippen molar-refractivity contribution < 1.29 is 5.11 Å². The second-order valence-electron chi connectivity index (χ2n) is 2.99. The molecule has 0 aliphatic heterocycles. The van der Waals surface area contributed by atoms with Crippen molar-refractivity contribution in [2.75, 3.05) is 0 Å². The predicted molar refractivity (Wildman–Crippen MR) is 51.3 cm³/mol. The van der Waals surface area contributed by atoms with Crippen LogP contribution in [0, 0.1) is 11.3 Å². The number of fused-ring (bicyclic) bond motifs is 1. The first-order chi connectivity index (χ1) is 6.86. The minimum absolute atomic E-state index is 0.0557. The van der Waals surface area contributed by atoms with Gasteiger partial charge in [0.1, 0.15) is 0 Å². The van der Waals surface area contributed by atoms with E-state index in [0.29, 0.717) is 0 Å². The summed E-state index contributed by atoms with van der Waals surface area (Å²) in [6, 6.07) is 5.74. The summed E-state index contributed by atoms with van der Waals surface area (Å²) >= 11 is 0. The second kappa shape index (κ2) is 3.48. The third kappa shape index (κ3) is 1.24. The maximum Gasteiger partial charge on any atom is 0.0932 e. The molecule has 0 amide bonds. The molecular weight excluding hydrogens is 178 g/mol. The Kier molecular flexibility index (Phi) is 2.17. The predicted octanol–water partition coefficient (Wildman–Crippen LogP) is 1.12. The molecule has 14 heavy (non-hydrogen) atoms. The summed E-state index contributed by atoms with van der Waals surface area (Å²) in [5.41, 5.74) is 3.26. The third-order valence-electron chi connectivity index (χ3n) is 2.22. The topological polar surface area (TPSA) is 72.7 Å². The number of H-pyrrole nitrogens is 1. The average Bonchev–Trinajstić information content (AvgIpc) is 2.67. The van der Waals surface area contributed by atoms with Crippen LogP contribution in [0.15, 0.2) is 18.5 Å². The third-order valence-corrected chi connectivity index (χ3v) is 2.22. The van der Waals surface area contributed by atoms with Crippen LogP contribution in [0.3, 0.4) is 0 Å². The summed E-state index contributed by atoms with van der Waals surface area (Å²) in [5.74, 6) is 0. The monoisotopic (exact) mass is 187 g/mol. The molecule has 2 rings (SSSR count). The van der Waals surface area contributed by atoms with Crippen molar-refractivity contribution in [1.82, 2.24) is 9.97 Å². The van der Waals surface area contributed by atoms with E-state index in [-0.39, 0.29) is 13.0 Å². The van der Waals surface area contributed by atoms with Crippen LogP contribution in [-0.2, 0) is 13.0 Å². The van der Waals surface area contributed by atoms with Crippen molar-refractivity contribution in [3.63, 3.8) is 0 Å². The Bertz CT molecular complexity index is 496. The van der Waals surface area contributed by atoms with Gasteiger partial charge in [0.2, 0.25) is 0 Å². The number of imidazole rings is 1. The number of benzene rings is 1. The normalized spacial score (nSPS) is 10.3. The number of hydrogen-bond acceptors (Lipinski definition) is 3. The standard InChI is InChI=1S/C10H9N3O/c11-4-3-8-7(5-14)1-2-9-10(8)13-6-12-9/h1-2,6,14H,3,5H2,(H,12,13). The molecule has 0 aliphatic carbocycles. The molecule has 2 aromatic rings. The molecule has 1 aromatic heterocycles. The summed E-state index contributed by atoms with van der Waals surface area (Å²) in [5, 5.41) is 17.8. The fourth-order valence-electron chi connectivity index (χ4n) is 1.53. The molecule has 0 aliphatic rings. The molecule has 1 aromatic carbocycles. The maximum absolute atomic E-state index is 9.09. The molecule has 0 fully saturated rings. The van der Waals surface area contributed by atoms with Gasteiger partial charge in [-0.3, -0.25) is 0 Å². The zero-order valence-corrected chi connectivity index (χ0v) is 7.49. The lowest BCUT2D eigenvalue weighted by Crippen LogP contribution is -1.94. The van der Waals surface area contributed by atoms with E-state index in [4.69, 9.17) is 10.4 Å². The molecule has 0 saturated heterocycles. The summed E-state index contributed by atoms with van der Waals surface area (Å²) in [4.78, 5) is 7.10. The largest absolute Gasteiger partial charge is 0.392 e. The molecule has 4 nitrogen and oxygen atoms in total. The zero-order valence-electron chi connectivity index (χ0n) is 7.49. The molecular formula is C10H9N3O. The van der Waals surface area contributed by atoms with Gasteiger partial charge in [-0.25, -0.2) is 4.98 Å². The quantitative estimate of drug-likeness (QED) is 0.739. The van der Waals surface area contributed by atoms with Crippen LogP contribution >= 0.6 is 0 Å². The lowest BCUT2D eigenvalue weighted by atomic mass is 10.0. The molecule has 4 heteroatoms. The Hall–Kier alpha value is -1.86. The smallest absolute Gasteiger partial charge is 0.0932 e. The van der Waals surface area contributed by atoms with Gasteiger partial charge in [0.05, 0.1) is 36.5 Å². The first kappa shape index (κ1) is 8.73. The minimum Gasteiger partial charge on any atom is -0.392 e. The van der Waals surface area contributed by atoms with E-state index < -0.39 is 0 Å². The zero-order chi connectivity index (χ0) is 9.97. The van der Waals surface area contributed by atoms with E-state index in [1.54, 1.807) is 6.33 Å². The first-order valence-electron chi connectivity index (χ1n) is 4.28. The molecule has 0 atom stereocenters. The van der Waals surface area contributed by atoms with Gasteiger partial charge in [0, 0.05) is 0 Å². The molecule has 0 unspecified atom stereocenters. The van der Waals surface area contributed by atoms with Gasteiger partial charge in [-0.2, -0.15) is 5.26 Å². The number of nitrogens with one attached hydrogen (secondary N) is 1. The van der Waals surface area contributed by atoms with E-state index >= 15 is 0 Å². The maximum atomic E-state index is 9.09. The Balaban J connectivity index is 2.70. The molecule has 0 spiro atoms. The van der Waals surface area contributed by atoms with Crippen molar-refractivity contribution in [3.05, 3.63) is 29.6 Å². The van der Waals surface area contributed by atoms with Crippen molar-refractivity contribution in [2.24, 2.45) is 0 Å². The van der Waals surface area contributed by atoms with Crippen LogP contribution in [0.25, 0.3) is 11.0 Å². The van der Waals surface area contributed by atoms with E-state index in [0.717, 1.165) is 22.2 Å². The van der Waals surface area contributed by atoms with Crippen molar-refractivity contribution in [3.8, 4) is 6.07 Å². The van der Waals surface area contributed by atoms with Crippen LogP contribution in [-0.4, -0.2) is 15.1 Å². The SMILES string of the molecule is N#CCc1c(CO)ccc2[nH]cnc12. The van der Waals surface area contributed by atoms with Crippen molar-refractivity contribution in [2.45, 2.75) is 13.0 Å². The fourth-order valence-corrected chi connectivity index (χ4v) is 1.53. The minimum atomic E-state index is -0.0557. The van der Waals surface area contributed by atoms with Crippen molar-refractivity contribution in [1.29, 1.82) is 5.26 Å². The lowest BCUT2D eigenvalue weighted by molar-refractivity contribution is 0.281. The number of aromatic nitrogens is 2. The molecule has 0 saturated carbocycles. The first-order valence-corrected chi connectivity index (χ1v) is 4.28. The Morgan fingerprint density at radius 3 is 3.07 bits per heavy atom. The summed E-state index contributed by atoms with van der Waals surface area (Å²) in [6.07, 6.45) is 1.87. The lowest BCUT2D eigenvalue weighted by Gasteiger charge is -2.03. The summed E-state index contributed by atoms with van der Waals surface area (Å²) in [6.45, 7) is -0.0557. The number of hydrogen-bond donors (Lipinski definition) is 2. The van der Waals surface area contributed by atoms with Crippen molar-refractivity contribution >= 4 is 11.0 Å². The number of aliphatic hydroxyl groups is 1. The number of aromatic amines is 1. The molecule has 0 bridgehead atoms. The highest BCUT2D eigenvalue weighted by atomic mass is 16.3. The Morgan fingerprint density at radius 2 is 2.36 bits per heavy atom. The van der Waals surface area contributed by atoms with Gasteiger partial charge in [-0.15, -0.1) is 0 Å². The fraction of sp³-hybridized carbons (Fsp3) is 0.200. The van der Waals surface area contributed by atoms with E-state index in [2.05, 4.69) is 16.0 Å². The van der Waals surface area contributed by atoms with Crippen LogP contribution < -0.4 is 0 Å². The molecule has 70 valence electrons. The van der Waals surface area contributed by atoms with Crippen LogP contribution in [0.1, 0.15) is 11.1 Å². The molecule has 1 heterocycles. The number of nitriles is 1. The van der Waals surface area contributed by atoms with Crippen LogP contribution in [0.5, 0.6) is 0 Å². The highest BCUT2D eigenvalue weighted by molar-refractivity contribution is 5.79. The van der Waals surface area contributed by atoms with Crippen LogP contribution in [0.2, 0.25) is 0 Å². The molecule has 0 radical (unpaired) electrons. The summed E-state index contributed by atoms with van der Waals surface area (Å²) in [7, 11) is 0. The second-order valence-corrected chi connectivity index (χ2v) is 2.99. The average molecular weight is 187 g/mol.